The van der Waals surface area contributed by atoms with Gasteiger partial charge in [-0.2, -0.15) is 4.98 Å². The highest BCUT2D eigenvalue weighted by Crippen LogP contribution is 2.17. The molecule has 94 valence electrons. The Morgan fingerprint density at radius 3 is 2.88 bits per heavy atom. The van der Waals surface area contributed by atoms with Crippen LogP contribution < -0.4 is 10.1 Å². The van der Waals surface area contributed by atoms with Crippen LogP contribution in [0.25, 0.3) is 0 Å². The molecule has 2 heterocycles. The van der Waals surface area contributed by atoms with Gasteiger partial charge in [0.15, 0.2) is 0 Å². The smallest absolute Gasteiger partial charge is 0.218 e. The van der Waals surface area contributed by atoms with Crippen molar-refractivity contribution in [3.8, 4) is 5.88 Å². The number of ether oxygens (including phenoxy) is 2. The summed E-state index contributed by atoms with van der Waals surface area (Å²) in [7, 11) is 0. The molecule has 2 rings (SSSR count). The minimum atomic E-state index is 0.438. The lowest BCUT2D eigenvalue weighted by molar-refractivity contribution is 0.0904. The highest BCUT2D eigenvalue weighted by Gasteiger charge is 2.14. The van der Waals surface area contributed by atoms with E-state index < -0.39 is 0 Å². The summed E-state index contributed by atoms with van der Waals surface area (Å²) in [5.74, 6) is 2.20. The van der Waals surface area contributed by atoms with Gasteiger partial charge in [-0.3, -0.25) is 0 Å². The Morgan fingerprint density at radius 2 is 2.18 bits per heavy atom. The Kier molecular flexibility index (Phi) is 4.14. The van der Waals surface area contributed by atoms with E-state index in [-0.39, 0.29) is 0 Å². The standard InChI is InChI=1S/C12H19N3O2/c1-3-17-12-8-11(13-9(2)14-12)15-10-4-6-16-7-5-10/h8,10H,3-7H2,1-2H3,(H,13,14,15). The second kappa shape index (κ2) is 5.82. The summed E-state index contributed by atoms with van der Waals surface area (Å²) in [6.45, 7) is 6.08. The van der Waals surface area contributed by atoms with Gasteiger partial charge in [-0.25, -0.2) is 4.98 Å². The second-order valence-electron chi connectivity index (χ2n) is 4.10. The second-order valence-corrected chi connectivity index (χ2v) is 4.10. The average Bonchev–Trinajstić information content (AvgIpc) is 2.30. The van der Waals surface area contributed by atoms with E-state index >= 15 is 0 Å². The molecule has 0 bridgehead atoms. The van der Waals surface area contributed by atoms with E-state index in [0.29, 0.717) is 18.5 Å². The van der Waals surface area contributed by atoms with E-state index in [1.165, 1.54) is 0 Å². The van der Waals surface area contributed by atoms with Crippen LogP contribution in [0.3, 0.4) is 0 Å². The summed E-state index contributed by atoms with van der Waals surface area (Å²) >= 11 is 0. The largest absolute Gasteiger partial charge is 0.478 e. The highest BCUT2D eigenvalue weighted by atomic mass is 16.5. The Hall–Kier alpha value is -1.36. The fraction of sp³-hybridized carbons (Fsp3) is 0.667. The first-order valence-corrected chi connectivity index (χ1v) is 6.10. The van der Waals surface area contributed by atoms with Gasteiger partial charge in [0, 0.05) is 25.3 Å². The van der Waals surface area contributed by atoms with Gasteiger partial charge in [-0.05, 0) is 26.7 Å². The first kappa shape index (κ1) is 12.1. The normalized spacial score (nSPS) is 16.8. The van der Waals surface area contributed by atoms with Gasteiger partial charge >= 0.3 is 0 Å². The van der Waals surface area contributed by atoms with Crippen molar-refractivity contribution in [1.82, 2.24) is 9.97 Å². The summed E-state index contributed by atoms with van der Waals surface area (Å²) in [4.78, 5) is 8.59. The quantitative estimate of drug-likeness (QED) is 0.865. The highest BCUT2D eigenvalue weighted by molar-refractivity contribution is 5.39. The third-order valence-corrected chi connectivity index (χ3v) is 2.68. The van der Waals surface area contributed by atoms with Gasteiger partial charge in [0.1, 0.15) is 11.6 Å². The fourth-order valence-electron chi connectivity index (χ4n) is 1.89. The third kappa shape index (κ3) is 3.56. The van der Waals surface area contributed by atoms with Crippen molar-refractivity contribution in [2.75, 3.05) is 25.1 Å². The molecule has 0 atom stereocenters. The van der Waals surface area contributed by atoms with Crippen molar-refractivity contribution in [3.05, 3.63) is 11.9 Å². The zero-order valence-corrected chi connectivity index (χ0v) is 10.4. The van der Waals surface area contributed by atoms with Crippen molar-refractivity contribution in [2.24, 2.45) is 0 Å². The van der Waals surface area contributed by atoms with Crippen LogP contribution >= 0.6 is 0 Å². The van der Waals surface area contributed by atoms with E-state index in [9.17, 15) is 0 Å². The van der Waals surface area contributed by atoms with E-state index in [2.05, 4.69) is 15.3 Å². The maximum Gasteiger partial charge on any atom is 0.218 e. The molecule has 1 saturated heterocycles. The minimum absolute atomic E-state index is 0.438. The van der Waals surface area contributed by atoms with Gasteiger partial charge in [-0.1, -0.05) is 0 Å². The first-order valence-electron chi connectivity index (χ1n) is 6.10. The van der Waals surface area contributed by atoms with Crippen LogP contribution in [0.1, 0.15) is 25.6 Å². The number of hydrogen-bond acceptors (Lipinski definition) is 5. The van der Waals surface area contributed by atoms with Gasteiger partial charge in [0.25, 0.3) is 0 Å². The van der Waals surface area contributed by atoms with Gasteiger partial charge in [-0.15, -0.1) is 0 Å². The number of nitrogens with one attached hydrogen (secondary N) is 1. The van der Waals surface area contributed by atoms with Crippen LogP contribution in [-0.2, 0) is 4.74 Å². The lowest BCUT2D eigenvalue weighted by Gasteiger charge is -2.23. The third-order valence-electron chi connectivity index (χ3n) is 2.68. The van der Waals surface area contributed by atoms with Crippen LogP contribution in [0.15, 0.2) is 6.07 Å². The Balaban J connectivity index is 2.03. The number of nitrogens with zero attached hydrogens (tertiary/aromatic N) is 2. The summed E-state index contributed by atoms with van der Waals surface area (Å²) in [6, 6.07) is 2.29. The molecule has 1 aliphatic heterocycles. The predicted molar refractivity (Wildman–Crippen MR) is 65.4 cm³/mol. The monoisotopic (exact) mass is 237 g/mol. The van der Waals surface area contributed by atoms with E-state index in [4.69, 9.17) is 9.47 Å². The molecule has 1 aromatic rings. The molecule has 0 spiro atoms. The van der Waals surface area contributed by atoms with Gasteiger partial charge in [0.05, 0.1) is 6.61 Å². The zero-order chi connectivity index (χ0) is 12.1. The van der Waals surface area contributed by atoms with Crippen molar-refractivity contribution in [2.45, 2.75) is 32.7 Å². The molecular weight excluding hydrogens is 218 g/mol. The lowest BCUT2D eigenvalue weighted by Crippen LogP contribution is -2.28. The molecule has 0 amide bonds. The number of aryl methyl sites for hydroxylation is 1. The molecule has 0 radical (unpaired) electrons. The molecule has 0 aromatic carbocycles. The predicted octanol–water partition coefficient (Wildman–Crippen LogP) is 1.77. The first-order chi connectivity index (χ1) is 8.28. The van der Waals surface area contributed by atoms with Gasteiger partial charge < -0.3 is 14.8 Å². The fourth-order valence-corrected chi connectivity index (χ4v) is 1.89. The lowest BCUT2D eigenvalue weighted by atomic mass is 10.1. The molecule has 1 aliphatic rings. The zero-order valence-electron chi connectivity index (χ0n) is 10.4. The van der Waals surface area contributed by atoms with E-state index in [1.54, 1.807) is 0 Å². The van der Waals surface area contributed by atoms with Gasteiger partial charge in [0.2, 0.25) is 5.88 Å². The number of anilines is 1. The summed E-state index contributed by atoms with van der Waals surface area (Å²) in [5, 5.41) is 3.41. The maximum atomic E-state index is 5.40. The molecule has 1 N–H and O–H groups in total. The number of rotatable bonds is 4. The average molecular weight is 237 g/mol. The van der Waals surface area contributed by atoms with Crippen LogP contribution in [0.4, 0.5) is 5.82 Å². The SMILES string of the molecule is CCOc1cc(NC2CCOCC2)nc(C)n1. The molecule has 0 unspecified atom stereocenters. The van der Waals surface area contributed by atoms with Crippen molar-refractivity contribution in [1.29, 1.82) is 0 Å². The van der Waals surface area contributed by atoms with Crippen molar-refractivity contribution >= 4 is 5.82 Å². The molecule has 0 aliphatic carbocycles. The summed E-state index contributed by atoms with van der Waals surface area (Å²) < 4.78 is 10.7. The minimum Gasteiger partial charge on any atom is -0.478 e. The van der Waals surface area contributed by atoms with Crippen LogP contribution in [0.2, 0.25) is 0 Å². The maximum absolute atomic E-state index is 5.40. The summed E-state index contributed by atoms with van der Waals surface area (Å²) in [5.41, 5.74) is 0. The van der Waals surface area contributed by atoms with E-state index in [1.807, 2.05) is 19.9 Å². The summed E-state index contributed by atoms with van der Waals surface area (Å²) in [6.07, 6.45) is 2.04. The molecule has 5 heteroatoms. The molecule has 1 aromatic heterocycles. The Labute approximate surface area is 102 Å². The van der Waals surface area contributed by atoms with Crippen LogP contribution in [0.5, 0.6) is 5.88 Å². The van der Waals surface area contributed by atoms with Crippen LogP contribution in [0, 0.1) is 6.92 Å². The molecule has 0 saturated carbocycles. The topological polar surface area (TPSA) is 56.3 Å². The Morgan fingerprint density at radius 1 is 1.41 bits per heavy atom. The number of aromatic nitrogens is 2. The number of hydrogen-bond donors (Lipinski definition) is 1. The Bertz CT molecular complexity index is 365. The van der Waals surface area contributed by atoms with Crippen molar-refractivity contribution in [3.63, 3.8) is 0 Å². The molecular formula is C12H19N3O2. The molecule has 17 heavy (non-hydrogen) atoms. The van der Waals surface area contributed by atoms with Crippen molar-refractivity contribution < 1.29 is 9.47 Å². The van der Waals surface area contributed by atoms with Crippen LogP contribution in [-0.4, -0.2) is 35.8 Å². The van der Waals surface area contributed by atoms with E-state index in [0.717, 1.165) is 37.7 Å². The molecule has 5 nitrogen and oxygen atoms in total. The molecule has 1 fully saturated rings.